The van der Waals surface area contributed by atoms with E-state index in [9.17, 15) is 4.39 Å². The van der Waals surface area contributed by atoms with Crippen LogP contribution >= 0.6 is 12.4 Å². The normalized spacial score (nSPS) is 24.2. The van der Waals surface area contributed by atoms with E-state index in [1.807, 2.05) is 12.3 Å². The summed E-state index contributed by atoms with van der Waals surface area (Å²) in [5.41, 5.74) is 2.95. The van der Waals surface area contributed by atoms with Gasteiger partial charge in [0.25, 0.3) is 0 Å². The van der Waals surface area contributed by atoms with Crippen LogP contribution in [0.5, 0.6) is 0 Å². The molecule has 1 aromatic carbocycles. The van der Waals surface area contributed by atoms with Crippen LogP contribution in [0.25, 0.3) is 11.3 Å². The molecule has 1 unspecified atom stereocenters. The molecule has 2 aromatic rings. The second kappa shape index (κ2) is 6.59. The maximum absolute atomic E-state index is 14.0. The molecule has 0 aliphatic carbocycles. The number of H-pyrrole nitrogens is 1. The first-order chi connectivity index (χ1) is 10.8. The number of rotatable bonds is 3. The Balaban J connectivity index is 0.00000156. The van der Waals surface area contributed by atoms with E-state index >= 15 is 0 Å². The number of halogens is 2. The van der Waals surface area contributed by atoms with Crippen LogP contribution in [0.4, 0.5) is 4.39 Å². The summed E-state index contributed by atoms with van der Waals surface area (Å²) in [5, 5.41) is 10.6. The number of hydrogen-bond acceptors (Lipinski definition) is 3. The Labute approximate surface area is 141 Å². The monoisotopic (exact) mass is 336 g/mol. The van der Waals surface area contributed by atoms with Gasteiger partial charge in [0.15, 0.2) is 0 Å². The molecule has 4 nitrogen and oxygen atoms in total. The van der Waals surface area contributed by atoms with Crippen LogP contribution < -0.4 is 5.32 Å². The van der Waals surface area contributed by atoms with Gasteiger partial charge in [0, 0.05) is 30.8 Å². The summed E-state index contributed by atoms with van der Waals surface area (Å²) in [7, 11) is 0. The van der Waals surface area contributed by atoms with Gasteiger partial charge in [0.2, 0.25) is 0 Å². The molecule has 124 valence electrons. The molecule has 2 saturated heterocycles. The van der Waals surface area contributed by atoms with Gasteiger partial charge in [-0.2, -0.15) is 5.10 Å². The third-order valence-electron chi connectivity index (χ3n) is 5.10. The first-order valence-electron chi connectivity index (χ1n) is 7.96. The van der Waals surface area contributed by atoms with Crippen molar-refractivity contribution in [2.45, 2.75) is 19.4 Å². The zero-order valence-corrected chi connectivity index (χ0v) is 13.8. The van der Waals surface area contributed by atoms with Crippen molar-refractivity contribution in [2.24, 2.45) is 5.41 Å². The lowest BCUT2D eigenvalue weighted by Gasteiger charge is -2.22. The molecule has 6 heteroatoms. The SMILES string of the molecule is Cl.Fc1ccccc1-c1[nH]ncc1CN1CCC2(CCNC2)C1. The van der Waals surface area contributed by atoms with Crippen LogP contribution in [-0.4, -0.2) is 41.3 Å². The molecular weight excluding hydrogens is 315 g/mol. The highest BCUT2D eigenvalue weighted by Crippen LogP contribution is 2.37. The van der Waals surface area contributed by atoms with Crippen LogP contribution in [0.2, 0.25) is 0 Å². The molecule has 1 spiro atoms. The van der Waals surface area contributed by atoms with Gasteiger partial charge in [-0.25, -0.2) is 4.39 Å². The summed E-state index contributed by atoms with van der Waals surface area (Å²) in [5.74, 6) is -0.203. The smallest absolute Gasteiger partial charge is 0.132 e. The average Bonchev–Trinajstić information content (AvgIpc) is 3.24. The van der Waals surface area contributed by atoms with Crippen molar-refractivity contribution in [3.63, 3.8) is 0 Å². The Morgan fingerprint density at radius 1 is 1.26 bits per heavy atom. The molecule has 0 radical (unpaired) electrons. The van der Waals surface area contributed by atoms with E-state index in [1.165, 1.54) is 18.9 Å². The van der Waals surface area contributed by atoms with Crippen molar-refractivity contribution in [2.75, 3.05) is 26.2 Å². The van der Waals surface area contributed by atoms with Gasteiger partial charge in [-0.1, -0.05) is 12.1 Å². The first-order valence-corrected chi connectivity index (χ1v) is 7.96. The minimum Gasteiger partial charge on any atom is -0.316 e. The predicted octanol–water partition coefficient (Wildman–Crippen LogP) is 2.82. The molecule has 2 aliphatic rings. The number of likely N-dealkylation sites (tertiary alicyclic amines) is 1. The number of aromatic amines is 1. The number of aromatic nitrogens is 2. The molecule has 2 N–H and O–H groups in total. The summed E-state index contributed by atoms with van der Waals surface area (Å²) >= 11 is 0. The van der Waals surface area contributed by atoms with Crippen LogP contribution in [0.15, 0.2) is 30.5 Å². The lowest BCUT2D eigenvalue weighted by atomic mass is 9.86. The highest BCUT2D eigenvalue weighted by atomic mass is 35.5. The Morgan fingerprint density at radius 3 is 2.91 bits per heavy atom. The van der Waals surface area contributed by atoms with Crippen molar-refractivity contribution in [1.29, 1.82) is 0 Å². The molecule has 2 aliphatic heterocycles. The van der Waals surface area contributed by atoms with Gasteiger partial charge >= 0.3 is 0 Å². The first kappa shape index (κ1) is 16.4. The lowest BCUT2D eigenvalue weighted by molar-refractivity contribution is 0.269. The topological polar surface area (TPSA) is 44.0 Å². The zero-order chi connectivity index (χ0) is 15.0. The highest BCUT2D eigenvalue weighted by molar-refractivity contribution is 5.85. The van der Waals surface area contributed by atoms with E-state index in [-0.39, 0.29) is 18.2 Å². The van der Waals surface area contributed by atoms with Crippen LogP contribution in [0.3, 0.4) is 0 Å². The van der Waals surface area contributed by atoms with Gasteiger partial charge in [0.1, 0.15) is 5.82 Å². The van der Waals surface area contributed by atoms with Gasteiger partial charge in [-0.15, -0.1) is 12.4 Å². The van der Waals surface area contributed by atoms with Gasteiger partial charge in [-0.3, -0.25) is 10.00 Å². The molecule has 1 aromatic heterocycles. The van der Waals surface area contributed by atoms with Gasteiger partial charge in [-0.05, 0) is 43.5 Å². The summed E-state index contributed by atoms with van der Waals surface area (Å²) in [6, 6.07) is 6.87. The molecule has 0 saturated carbocycles. The number of benzene rings is 1. The Bertz CT molecular complexity index is 666. The van der Waals surface area contributed by atoms with E-state index in [2.05, 4.69) is 20.4 Å². The van der Waals surface area contributed by atoms with E-state index in [1.54, 1.807) is 12.1 Å². The van der Waals surface area contributed by atoms with Crippen LogP contribution in [0.1, 0.15) is 18.4 Å². The fourth-order valence-electron chi connectivity index (χ4n) is 3.88. The van der Waals surface area contributed by atoms with Gasteiger partial charge < -0.3 is 5.32 Å². The molecule has 23 heavy (non-hydrogen) atoms. The molecule has 0 bridgehead atoms. The Morgan fingerprint density at radius 2 is 2.13 bits per heavy atom. The fourth-order valence-corrected chi connectivity index (χ4v) is 3.88. The van der Waals surface area contributed by atoms with Crippen molar-refractivity contribution in [3.8, 4) is 11.3 Å². The van der Waals surface area contributed by atoms with E-state index in [0.717, 1.165) is 44.0 Å². The third kappa shape index (κ3) is 3.13. The summed E-state index contributed by atoms with van der Waals surface area (Å²) in [6.45, 7) is 5.35. The quantitative estimate of drug-likeness (QED) is 0.906. The standard InChI is InChI=1S/C17H21FN4.ClH/c18-15-4-2-1-3-14(15)16-13(9-20-21-16)10-22-8-6-17(12-22)5-7-19-11-17;/h1-4,9,19H,5-8,10-12H2,(H,20,21);1H. The van der Waals surface area contributed by atoms with Crippen molar-refractivity contribution >= 4 is 12.4 Å². The largest absolute Gasteiger partial charge is 0.316 e. The fraction of sp³-hybridized carbons (Fsp3) is 0.471. The van der Waals surface area contributed by atoms with Crippen molar-refractivity contribution < 1.29 is 4.39 Å². The molecule has 2 fully saturated rings. The minimum atomic E-state index is -0.203. The van der Waals surface area contributed by atoms with Crippen LogP contribution in [-0.2, 0) is 6.54 Å². The van der Waals surface area contributed by atoms with Crippen molar-refractivity contribution in [3.05, 3.63) is 41.8 Å². The van der Waals surface area contributed by atoms with Crippen molar-refractivity contribution in [1.82, 2.24) is 20.4 Å². The van der Waals surface area contributed by atoms with E-state index < -0.39 is 0 Å². The third-order valence-corrected chi connectivity index (χ3v) is 5.10. The number of hydrogen-bond donors (Lipinski definition) is 2. The maximum atomic E-state index is 14.0. The molecular formula is C17H22ClFN4. The molecule has 1 atom stereocenters. The van der Waals surface area contributed by atoms with E-state index in [0.29, 0.717) is 11.0 Å². The minimum absolute atomic E-state index is 0. The molecule has 0 amide bonds. The summed E-state index contributed by atoms with van der Waals surface area (Å²) < 4.78 is 14.0. The molecule has 4 rings (SSSR count). The predicted molar refractivity (Wildman–Crippen MR) is 91.0 cm³/mol. The Hall–Kier alpha value is -1.43. The second-order valence-electron chi connectivity index (χ2n) is 6.64. The summed E-state index contributed by atoms with van der Waals surface area (Å²) in [4.78, 5) is 2.47. The maximum Gasteiger partial charge on any atom is 0.132 e. The van der Waals surface area contributed by atoms with Gasteiger partial charge in [0.05, 0.1) is 11.9 Å². The van der Waals surface area contributed by atoms with Crippen LogP contribution in [0, 0.1) is 11.2 Å². The highest BCUT2D eigenvalue weighted by Gasteiger charge is 2.40. The Kier molecular flexibility index (Phi) is 4.71. The average molecular weight is 337 g/mol. The zero-order valence-electron chi connectivity index (χ0n) is 13.0. The number of nitrogens with zero attached hydrogens (tertiary/aromatic N) is 2. The second-order valence-corrected chi connectivity index (χ2v) is 6.64. The number of nitrogens with one attached hydrogen (secondary N) is 2. The molecule has 3 heterocycles. The lowest BCUT2D eigenvalue weighted by Crippen LogP contribution is -2.29. The van der Waals surface area contributed by atoms with E-state index in [4.69, 9.17) is 0 Å². The summed E-state index contributed by atoms with van der Waals surface area (Å²) in [6.07, 6.45) is 4.36.